The molecule has 0 aliphatic rings. The van der Waals surface area contributed by atoms with E-state index in [0.29, 0.717) is 30.2 Å². The Hall–Kier alpha value is -1.84. The van der Waals surface area contributed by atoms with Crippen LogP contribution in [0.1, 0.15) is 21.5 Å². The SMILES string of the molecule is Cc1cc(Cl)cc(C(=O)N(CCN)Cc2ccccc2)c1. The molecule has 110 valence electrons. The summed E-state index contributed by atoms with van der Waals surface area (Å²) < 4.78 is 0. The maximum absolute atomic E-state index is 12.7. The molecule has 3 nitrogen and oxygen atoms in total. The molecule has 0 unspecified atom stereocenters. The fourth-order valence-corrected chi connectivity index (χ4v) is 2.54. The van der Waals surface area contributed by atoms with E-state index in [4.69, 9.17) is 17.3 Å². The summed E-state index contributed by atoms with van der Waals surface area (Å²) in [5.41, 5.74) is 8.29. The van der Waals surface area contributed by atoms with E-state index < -0.39 is 0 Å². The standard InChI is InChI=1S/C17H19ClN2O/c1-13-9-15(11-16(18)10-13)17(21)20(8-7-19)12-14-5-3-2-4-6-14/h2-6,9-11H,7-8,12,19H2,1H3. The first kappa shape index (κ1) is 15.5. The molecule has 0 saturated carbocycles. The summed E-state index contributed by atoms with van der Waals surface area (Å²) in [4.78, 5) is 14.4. The lowest BCUT2D eigenvalue weighted by Gasteiger charge is -2.22. The van der Waals surface area contributed by atoms with Crippen LogP contribution in [0.2, 0.25) is 5.02 Å². The van der Waals surface area contributed by atoms with Crippen molar-refractivity contribution in [3.8, 4) is 0 Å². The van der Waals surface area contributed by atoms with E-state index in [0.717, 1.165) is 11.1 Å². The third-order valence-electron chi connectivity index (χ3n) is 3.19. The van der Waals surface area contributed by atoms with E-state index in [2.05, 4.69) is 0 Å². The lowest BCUT2D eigenvalue weighted by Crippen LogP contribution is -2.34. The minimum atomic E-state index is -0.0464. The van der Waals surface area contributed by atoms with Gasteiger partial charge in [0, 0.05) is 30.2 Å². The molecule has 0 bridgehead atoms. The van der Waals surface area contributed by atoms with Crippen LogP contribution in [0.4, 0.5) is 0 Å². The molecule has 0 aliphatic heterocycles. The van der Waals surface area contributed by atoms with Gasteiger partial charge in [-0.2, -0.15) is 0 Å². The normalized spacial score (nSPS) is 10.4. The molecule has 2 aromatic rings. The zero-order chi connectivity index (χ0) is 15.2. The van der Waals surface area contributed by atoms with Crippen molar-refractivity contribution in [2.45, 2.75) is 13.5 Å². The molecular formula is C17H19ClN2O. The minimum Gasteiger partial charge on any atom is -0.333 e. The highest BCUT2D eigenvalue weighted by atomic mass is 35.5. The van der Waals surface area contributed by atoms with Gasteiger partial charge in [0.2, 0.25) is 0 Å². The monoisotopic (exact) mass is 302 g/mol. The molecule has 2 N–H and O–H groups in total. The second-order valence-electron chi connectivity index (χ2n) is 5.02. The number of carbonyl (C=O) groups excluding carboxylic acids is 1. The van der Waals surface area contributed by atoms with Crippen molar-refractivity contribution in [1.29, 1.82) is 0 Å². The molecule has 0 spiro atoms. The van der Waals surface area contributed by atoms with Crippen LogP contribution in [-0.2, 0) is 6.54 Å². The van der Waals surface area contributed by atoms with E-state index >= 15 is 0 Å². The molecule has 0 atom stereocenters. The molecule has 21 heavy (non-hydrogen) atoms. The Morgan fingerprint density at radius 2 is 1.90 bits per heavy atom. The lowest BCUT2D eigenvalue weighted by molar-refractivity contribution is 0.0748. The molecule has 0 fully saturated rings. The van der Waals surface area contributed by atoms with Crippen LogP contribution in [-0.4, -0.2) is 23.9 Å². The number of rotatable bonds is 5. The average Bonchev–Trinajstić information content (AvgIpc) is 2.46. The number of hydrogen-bond donors (Lipinski definition) is 1. The molecule has 1 amide bonds. The fraction of sp³-hybridized carbons (Fsp3) is 0.235. The summed E-state index contributed by atoms with van der Waals surface area (Å²) in [6.07, 6.45) is 0. The van der Waals surface area contributed by atoms with Gasteiger partial charge in [0.25, 0.3) is 5.91 Å². The summed E-state index contributed by atoms with van der Waals surface area (Å²) in [6, 6.07) is 15.3. The summed E-state index contributed by atoms with van der Waals surface area (Å²) in [6.45, 7) is 3.41. The number of halogens is 1. The summed E-state index contributed by atoms with van der Waals surface area (Å²) in [7, 11) is 0. The van der Waals surface area contributed by atoms with Crippen molar-refractivity contribution in [3.63, 3.8) is 0 Å². The molecule has 4 heteroatoms. The van der Waals surface area contributed by atoms with Crippen LogP contribution >= 0.6 is 11.6 Å². The zero-order valence-electron chi connectivity index (χ0n) is 12.1. The van der Waals surface area contributed by atoms with Gasteiger partial charge >= 0.3 is 0 Å². The van der Waals surface area contributed by atoms with Gasteiger partial charge in [-0.15, -0.1) is 0 Å². The first-order valence-corrected chi connectivity index (χ1v) is 7.28. The number of nitrogens with zero attached hydrogens (tertiary/aromatic N) is 1. The van der Waals surface area contributed by atoms with E-state index in [1.54, 1.807) is 11.0 Å². The van der Waals surface area contributed by atoms with Crippen LogP contribution in [0.3, 0.4) is 0 Å². The molecule has 2 rings (SSSR count). The molecule has 0 radical (unpaired) electrons. The van der Waals surface area contributed by atoms with Gasteiger partial charge in [0.1, 0.15) is 0 Å². The third-order valence-corrected chi connectivity index (χ3v) is 3.41. The van der Waals surface area contributed by atoms with Crippen LogP contribution in [0, 0.1) is 6.92 Å². The van der Waals surface area contributed by atoms with Gasteiger partial charge in [-0.1, -0.05) is 41.9 Å². The highest BCUT2D eigenvalue weighted by Crippen LogP contribution is 2.17. The number of nitrogens with two attached hydrogens (primary N) is 1. The Morgan fingerprint density at radius 3 is 2.52 bits per heavy atom. The van der Waals surface area contributed by atoms with Gasteiger partial charge in [-0.05, 0) is 36.2 Å². The first-order valence-electron chi connectivity index (χ1n) is 6.90. The minimum absolute atomic E-state index is 0.0464. The largest absolute Gasteiger partial charge is 0.333 e. The third kappa shape index (κ3) is 4.31. The molecule has 0 aromatic heterocycles. The Balaban J connectivity index is 2.22. The molecule has 2 aromatic carbocycles. The Morgan fingerprint density at radius 1 is 1.19 bits per heavy atom. The van der Waals surface area contributed by atoms with Crippen molar-refractivity contribution >= 4 is 17.5 Å². The smallest absolute Gasteiger partial charge is 0.254 e. The average molecular weight is 303 g/mol. The molecule has 0 heterocycles. The topological polar surface area (TPSA) is 46.3 Å². The summed E-state index contributed by atoms with van der Waals surface area (Å²) in [5.74, 6) is -0.0464. The Kier molecular flexibility index (Phi) is 5.37. The van der Waals surface area contributed by atoms with Crippen LogP contribution in [0.5, 0.6) is 0 Å². The predicted molar refractivity (Wildman–Crippen MR) is 86.4 cm³/mol. The number of aryl methyl sites for hydroxylation is 1. The van der Waals surface area contributed by atoms with Crippen molar-refractivity contribution in [1.82, 2.24) is 4.90 Å². The van der Waals surface area contributed by atoms with Crippen LogP contribution in [0.25, 0.3) is 0 Å². The van der Waals surface area contributed by atoms with Crippen molar-refractivity contribution < 1.29 is 4.79 Å². The van der Waals surface area contributed by atoms with E-state index in [9.17, 15) is 4.79 Å². The van der Waals surface area contributed by atoms with Gasteiger partial charge in [-0.3, -0.25) is 4.79 Å². The Labute approximate surface area is 130 Å². The van der Waals surface area contributed by atoms with Gasteiger partial charge in [0.15, 0.2) is 0 Å². The first-order chi connectivity index (χ1) is 10.1. The maximum atomic E-state index is 12.7. The van der Waals surface area contributed by atoms with Gasteiger partial charge < -0.3 is 10.6 Å². The second kappa shape index (κ2) is 7.25. The highest BCUT2D eigenvalue weighted by molar-refractivity contribution is 6.31. The second-order valence-corrected chi connectivity index (χ2v) is 5.45. The number of benzene rings is 2. The fourth-order valence-electron chi connectivity index (χ4n) is 2.25. The van der Waals surface area contributed by atoms with Crippen molar-refractivity contribution in [3.05, 3.63) is 70.2 Å². The van der Waals surface area contributed by atoms with E-state index in [-0.39, 0.29) is 5.91 Å². The number of hydrogen-bond acceptors (Lipinski definition) is 2. The summed E-state index contributed by atoms with van der Waals surface area (Å²) in [5, 5.41) is 0.575. The Bertz CT molecular complexity index is 593. The van der Waals surface area contributed by atoms with E-state index in [1.165, 1.54) is 0 Å². The summed E-state index contributed by atoms with van der Waals surface area (Å²) >= 11 is 6.04. The predicted octanol–water partition coefficient (Wildman–Crippen LogP) is 3.25. The zero-order valence-corrected chi connectivity index (χ0v) is 12.8. The molecule has 0 aliphatic carbocycles. The van der Waals surface area contributed by atoms with Crippen LogP contribution in [0.15, 0.2) is 48.5 Å². The quantitative estimate of drug-likeness (QED) is 0.921. The lowest BCUT2D eigenvalue weighted by atomic mass is 10.1. The van der Waals surface area contributed by atoms with Gasteiger partial charge in [-0.25, -0.2) is 0 Å². The highest BCUT2D eigenvalue weighted by Gasteiger charge is 2.16. The van der Waals surface area contributed by atoms with Crippen LogP contribution < -0.4 is 5.73 Å². The molecular weight excluding hydrogens is 284 g/mol. The van der Waals surface area contributed by atoms with E-state index in [1.807, 2.05) is 49.4 Å². The maximum Gasteiger partial charge on any atom is 0.254 e. The van der Waals surface area contributed by atoms with Crippen molar-refractivity contribution in [2.24, 2.45) is 5.73 Å². The molecule has 0 saturated heterocycles. The van der Waals surface area contributed by atoms with Gasteiger partial charge in [0.05, 0.1) is 0 Å². The van der Waals surface area contributed by atoms with Crippen molar-refractivity contribution in [2.75, 3.05) is 13.1 Å². The number of amides is 1. The number of carbonyl (C=O) groups is 1.